The van der Waals surface area contributed by atoms with Crippen molar-refractivity contribution in [3.05, 3.63) is 87.9 Å². The Bertz CT molecular complexity index is 1030. The van der Waals surface area contributed by atoms with Crippen molar-refractivity contribution in [3.8, 4) is 0 Å². The quantitative estimate of drug-likeness (QED) is 0.586. The van der Waals surface area contributed by atoms with Gasteiger partial charge in [0.25, 0.3) is 0 Å². The number of carbonyl (C=O) groups excluding carboxylic acids is 1. The molecule has 0 spiro atoms. The zero-order chi connectivity index (χ0) is 20.0. The number of carbonyl (C=O) groups is 1. The maximum atomic E-state index is 13.7. The van der Waals surface area contributed by atoms with Gasteiger partial charge in [0.05, 0.1) is 18.7 Å². The van der Waals surface area contributed by atoms with Crippen molar-refractivity contribution in [1.29, 1.82) is 0 Å². The Morgan fingerprint density at radius 1 is 1.00 bits per heavy atom. The molecule has 2 aromatic carbocycles. The molecule has 0 radical (unpaired) electrons. The molecule has 0 unspecified atom stereocenters. The van der Waals surface area contributed by atoms with Gasteiger partial charge in [-0.1, -0.05) is 36.4 Å². The Labute approximate surface area is 167 Å². The Morgan fingerprint density at radius 3 is 2.43 bits per heavy atom. The van der Waals surface area contributed by atoms with Gasteiger partial charge in [0.1, 0.15) is 5.82 Å². The van der Waals surface area contributed by atoms with E-state index in [0.717, 1.165) is 10.4 Å². The van der Waals surface area contributed by atoms with Crippen LogP contribution in [-0.2, 0) is 33.5 Å². The van der Waals surface area contributed by atoms with Crippen LogP contribution in [0.2, 0.25) is 0 Å². The predicted molar refractivity (Wildman–Crippen MR) is 109 cm³/mol. The van der Waals surface area contributed by atoms with E-state index in [4.69, 9.17) is 0 Å². The molecule has 1 heterocycles. The number of amides is 1. The fourth-order valence-corrected chi connectivity index (χ4v) is 4.43. The molecule has 146 valence electrons. The number of nitrogens with one attached hydrogen (secondary N) is 2. The van der Waals surface area contributed by atoms with E-state index in [1.807, 2.05) is 17.5 Å². The molecule has 28 heavy (non-hydrogen) atoms. The summed E-state index contributed by atoms with van der Waals surface area (Å²) in [7, 11) is -3.75. The first kappa shape index (κ1) is 20.0. The lowest BCUT2D eigenvalue weighted by Gasteiger charge is -2.10. The molecular formula is C20H19FN2O3S2. The highest BCUT2D eigenvalue weighted by atomic mass is 32.2. The first-order valence-corrected chi connectivity index (χ1v) is 11.1. The number of thiophene rings is 1. The first-order chi connectivity index (χ1) is 13.4. The SMILES string of the molecule is O=C(Cc1ccc(NS(=O)(=O)Cc2ccccc2F)cc1)NCc1cccs1. The van der Waals surface area contributed by atoms with E-state index in [1.54, 1.807) is 41.7 Å². The monoisotopic (exact) mass is 418 g/mol. The lowest BCUT2D eigenvalue weighted by molar-refractivity contribution is -0.120. The van der Waals surface area contributed by atoms with Crippen LogP contribution in [0.25, 0.3) is 0 Å². The lowest BCUT2D eigenvalue weighted by Crippen LogP contribution is -2.24. The van der Waals surface area contributed by atoms with Crippen molar-refractivity contribution in [2.75, 3.05) is 4.72 Å². The average molecular weight is 419 g/mol. The summed E-state index contributed by atoms with van der Waals surface area (Å²) in [5, 5.41) is 4.80. The van der Waals surface area contributed by atoms with Gasteiger partial charge in [-0.3, -0.25) is 9.52 Å². The third-order valence-corrected chi connectivity index (χ3v) is 6.05. The summed E-state index contributed by atoms with van der Waals surface area (Å²) >= 11 is 1.58. The molecule has 0 bridgehead atoms. The number of halogens is 1. The summed E-state index contributed by atoms with van der Waals surface area (Å²) in [5.41, 5.74) is 1.23. The molecule has 0 aliphatic rings. The molecule has 5 nitrogen and oxygen atoms in total. The highest BCUT2D eigenvalue weighted by molar-refractivity contribution is 7.91. The van der Waals surface area contributed by atoms with Gasteiger partial charge >= 0.3 is 0 Å². The predicted octanol–water partition coefficient (Wildman–Crippen LogP) is 3.69. The summed E-state index contributed by atoms with van der Waals surface area (Å²) < 4.78 is 40.6. The molecule has 3 rings (SSSR count). The van der Waals surface area contributed by atoms with Crippen LogP contribution in [0, 0.1) is 5.82 Å². The van der Waals surface area contributed by atoms with E-state index in [-0.39, 0.29) is 17.9 Å². The topological polar surface area (TPSA) is 75.3 Å². The van der Waals surface area contributed by atoms with Gasteiger partial charge in [-0.05, 0) is 35.2 Å². The van der Waals surface area contributed by atoms with Crippen molar-refractivity contribution in [1.82, 2.24) is 5.32 Å². The van der Waals surface area contributed by atoms with E-state index in [0.29, 0.717) is 12.2 Å². The third kappa shape index (κ3) is 5.90. The van der Waals surface area contributed by atoms with Crippen LogP contribution in [0.3, 0.4) is 0 Å². The van der Waals surface area contributed by atoms with Crippen LogP contribution in [0.5, 0.6) is 0 Å². The maximum Gasteiger partial charge on any atom is 0.237 e. The summed E-state index contributed by atoms with van der Waals surface area (Å²) in [6.45, 7) is 0.491. The molecule has 1 amide bonds. The van der Waals surface area contributed by atoms with E-state index >= 15 is 0 Å². The second kappa shape index (κ2) is 8.99. The summed E-state index contributed by atoms with van der Waals surface area (Å²) in [5.74, 6) is -1.12. The number of hydrogen-bond donors (Lipinski definition) is 2. The molecule has 0 saturated carbocycles. The van der Waals surface area contributed by atoms with Gasteiger partial charge in [0.2, 0.25) is 15.9 Å². The third-order valence-electron chi connectivity index (χ3n) is 3.94. The molecule has 8 heteroatoms. The number of rotatable bonds is 8. The number of hydrogen-bond acceptors (Lipinski definition) is 4. The summed E-state index contributed by atoms with van der Waals surface area (Å²) in [6, 6.07) is 16.2. The van der Waals surface area contributed by atoms with Crippen molar-refractivity contribution in [3.63, 3.8) is 0 Å². The average Bonchev–Trinajstić information content (AvgIpc) is 3.17. The Morgan fingerprint density at radius 2 is 1.75 bits per heavy atom. The van der Waals surface area contributed by atoms with Crippen LogP contribution < -0.4 is 10.0 Å². The fourth-order valence-electron chi connectivity index (χ4n) is 2.57. The Kier molecular flexibility index (Phi) is 6.43. The second-order valence-electron chi connectivity index (χ2n) is 6.18. The van der Waals surface area contributed by atoms with Crippen LogP contribution in [-0.4, -0.2) is 14.3 Å². The van der Waals surface area contributed by atoms with Gasteiger partial charge in [0, 0.05) is 16.1 Å². The molecule has 0 aliphatic heterocycles. The number of benzene rings is 2. The summed E-state index contributed by atoms with van der Waals surface area (Å²) in [4.78, 5) is 13.1. The molecule has 0 atom stereocenters. The fraction of sp³-hybridized carbons (Fsp3) is 0.150. The highest BCUT2D eigenvalue weighted by Crippen LogP contribution is 2.16. The molecule has 1 aromatic heterocycles. The lowest BCUT2D eigenvalue weighted by atomic mass is 10.1. The maximum absolute atomic E-state index is 13.7. The minimum atomic E-state index is -3.75. The van der Waals surface area contributed by atoms with E-state index < -0.39 is 21.6 Å². The smallest absolute Gasteiger partial charge is 0.237 e. The zero-order valence-electron chi connectivity index (χ0n) is 14.9. The molecule has 0 aliphatic carbocycles. The molecule has 3 aromatic rings. The molecular weight excluding hydrogens is 399 g/mol. The van der Waals surface area contributed by atoms with Crippen LogP contribution in [0.15, 0.2) is 66.0 Å². The van der Waals surface area contributed by atoms with Crippen molar-refractivity contribution >= 4 is 33.0 Å². The zero-order valence-corrected chi connectivity index (χ0v) is 16.5. The van der Waals surface area contributed by atoms with E-state index in [1.165, 1.54) is 18.2 Å². The van der Waals surface area contributed by atoms with Crippen molar-refractivity contribution in [2.24, 2.45) is 0 Å². The van der Waals surface area contributed by atoms with Gasteiger partial charge in [-0.15, -0.1) is 11.3 Å². The minimum absolute atomic E-state index is 0.106. The van der Waals surface area contributed by atoms with Crippen molar-refractivity contribution in [2.45, 2.75) is 18.7 Å². The van der Waals surface area contributed by atoms with Gasteiger partial charge in [0.15, 0.2) is 0 Å². The van der Waals surface area contributed by atoms with E-state index in [2.05, 4.69) is 10.0 Å². The van der Waals surface area contributed by atoms with Gasteiger partial charge < -0.3 is 5.32 Å². The van der Waals surface area contributed by atoms with E-state index in [9.17, 15) is 17.6 Å². The normalized spacial score (nSPS) is 11.2. The van der Waals surface area contributed by atoms with Crippen molar-refractivity contribution < 1.29 is 17.6 Å². The standard InChI is InChI=1S/C20H19FN2O3S2/c21-19-6-2-1-4-16(19)14-28(25,26)23-17-9-7-15(8-10-17)12-20(24)22-13-18-5-3-11-27-18/h1-11,23H,12-14H2,(H,22,24). The molecule has 0 saturated heterocycles. The Hall–Kier alpha value is -2.71. The van der Waals surface area contributed by atoms with Crippen LogP contribution >= 0.6 is 11.3 Å². The van der Waals surface area contributed by atoms with Gasteiger partial charge in [-0.25, -0.2) is 12.8 Å². The number of anilines is 1. The summed E-state index contributed by atoms with van der Waals surface area (Å²) in [6.07, 6.45) is 0.202. The van der Waals surface area contributed by atoms with Crippen LogP contribution in [0.4, 0.5) is 10.1 Å². The Balaban J connectivity index is 1.55. The second-order valence-corrected chi connectivity index (χ2v) is 8.94. The molecule has 2 N–H and O–H groups in total. The largest absolute Gasteiger partial charge is 0.351 e. The highest BCUT2D eigenvalue weighted by Gasteiger charge is 2.14. The molecule has 0 fully saturated rings. The first-order valence-electron chi connectivity index (χ1n) is 8.53. The van der Waals surface area contributed by atoms with Crippen LogP contribution in [0.1, 0.15) is 16.0 Å². The van der Waals surface area contributed by atoms with Gasteiger partial charge in [-0.2, -0.15) is 0 Å². The minimum Gasteiger partial charge on any atom is -0.351 e. The number of sulfonamides is 1.